The molecule has 0 saturated carbocycles. The molecule has 0 aliphatic carbocycles. The lowest BCUT2D eigenvalue weighted by Gasteiger charge is -2.04. The molecule has 90 valence electrons. The molecule has 0 aromatic heterocycles. The molecule has 2 rings (SSSR count). The third kappa shape index (κ3) is 3.03. The maximum Gasteiger partial charge on any atom is 0.269 e. The highest BCUT2D eigenvalue weighted by Gasteiger charge is 2.07. The Balaban J connectivity index is 2.48. The first-order chi connectivity index (χ1) is 7.98. The summed E-state index contributed by atoms with van der Waals surface area (Å²) < 4.78 is 30.3. The Labute approximate surface area is 99.3 Å². The summed E-state index contributed by atoms with van der Waals surface area (Å²) in [5.74, 6) is -0.397. The fraction of sp³-hybridized carbons (Fsp3) is 0.167. The molecule has 0 atom stereocenters. The minimum Gasteiger partial charge on any atom is -0.392 e. The van der Waals surface area contributed by atoms with Gasteiger partial charge in [0.25, 0.3) is 10.1 Å². The number of hydrogen-bond acceptors (Lipinski definition) is 3. The second kappa shape index (κ2) is 4.44. The first-order valence-electron chi connectivity index (χ1n) is 5.05. The Morgan fingerprint density at radius 2 is 1.53 bits per heavy atom. The van der Waals surface area contributed by atoms with Gasteiger partial charge in [0.15, 0.2) is 0 Å². The molecule has 0 radical (unpaired) electrons. The van der Waals surface area contributed by atoms with E-state index in [1.807, 2.05) is 12.1 Å². The van der Waals surface area contributed by atoms with Gasteiger partial charge in [0.2, 0.25) is 0 Å². The molecule has 0 amide bonds. The van der Waals surface area contributed by atoms with Gasteiger partial charge >= 0.3 is 0 Å². The van der Waals surface area contributed by atoms with Crippen molar-refractivity contribution >= 4 is 20.9 Å². The second-order valence-corrected chi connectivity index (χ2v) is 5.35. The van der Waals surface area contributed by atoms with Gasteiger partial charge in [-0.3, -0.25) is 4.55 Å². The predicted molar refractivity (Wildman–Crippen MR) is 65.1 cm³/mol. The second-order valence-electron chi connectivity index (χ2n) is 3.90. The molecule has 2 aromatic carbocycles. The van der Waals surface area contributed by atoms with Gasteiger partial charge in [-0.05, 0) is 28.0 Å². The lowest BCUT2D eigenvalue weighted by atomic mass is 10.1. The molecule has 5 heteroatoms. The Hall–Kier alpha value is -1.43. The molecule has 17 heavy (non-hydrogen) atoms. The van der Waals surface area contributed by atoms with E-state index in [0.717, 1.165) is 16.3 Å². The van der Waals surface area contributed by atoms with Crippen LogP contribution >= 0.6 is 0 Å². The average molecular weight is 252 g/mol. The van der Waals surface area contributed by atoms with Gasteiger partial charge in [0.05, 0.1) is 6.61 Å². The molecule has 2 aromatic rings. The van der Waals surface area contributed by atoms with Gasteiger partial charge in [0, 0.05) is 0 Å². The number of benzene rings is 2. The van der Waals surface area contributed by atoms with Gasteiger partial charge in [-0.15, -0.1) is 0 Å². The Morgan fingerprint density at radius 1 is 0.941 bits per heavy atom. The van der Waals surface area contributed by atoms with E-state index in [0.29, 0.717) is 5.56 Å². The van der Waals surface area contributed by atoms with Crippen LogP contribution in [0.15, 0.2) is 36.4 Å². The van der Waals surface area contributed by atoms with Gasteiger partial charge in [-0.1, -0.05) is 30.3 Å². The lowest BCUT2D eigenvalue weighted by molar-refractivity contribution is 0.282. The molecule has 0 aliphatic heterocycles. The number of hydrogen-bond donors (Lipinski definition) is 2. The molecule has 0 saturated heterocycles. The van der Waals surface area contributed by atoms with Crippen molar-refractivity contribution in [1.82, 2.24) is 0 Å². The largest absolute Gasteiger partial charge is 0.392 e. The van der Waals surface area contributed by atoms with E-state index in [1.54, 1.807) is 24.3 Å². The molecule has 0 aliphatic rings. The van der Waals surface area contributed by atoms with Gasteiger partial charge in [-0.2, -0.15) is 8.42 Å². The van der Waals surface area contributed by atoms with Gasteiger partial charge in [-0.25, -0.2) is 0 Å². The molecule has 0 spiro atoms. The summed E-state index contributed by atoms with van der Waals surface area (Å²) in [6.07, 6.45) is 0. The van der Waals surface area contributed by atoms with E-state index in [4.69, 9.17) is 9.66 Å². The van der Waals surface area contributed by atoms with Crippen molar-refractivity contribution in [3.63, 3.8) is 0 Å². The van der Waals surface area contributed by atoms with Crippen LogP contribution in [0.1, 0.15) is 11.1 Å². The molecule has 0 fully saturated rings. The zero-order chi connectivity index (χ0) is 12.5. The number of aliphatic hydroxyl groups is 1. The third-order valence-corrected chi connectivity index (χ3v) is 3.20. The quantitative estimate of drug-likeness (QED) is 0.816. The topological polar surface area (TPSA) is 74.6 Å². The van der Waals surface area contributed by atoms with Crippen LogP contribution in [0.5, 0.6) is 0 Å². The third-order valence-electron chi connectivity index (χ3n) is 2.50. The number of rotatable bonds is 3. The first-order valence-corrected chi connectivity index (χ1v) is 6.66. The Bertz CT molecular complexity index is 647. The summed E-state index contributed by atoms with van der Waals surface area (Å²) in [5.41, 5.74) is 1.29. The van der Waals surface area contributed by atoms with Gasteiger partial charge < -0.3 is 5.11 Å². The number of fused-ring (bicyclic) bond motifs is 1. The van der Waals surface area contributed by atoms with E-state index in [2.05, 4.69) is 0 Å². The van der Waals surface area contributed by atoms with Crippen molar-refractivity contribution in [3.05, 3.63) is 47.5 Å². The molecule has 2 N–H and O–H groups in total. The van der Waals surface area contributed by atoms with E-state index < -0.39 is 15.9 Å². The maximum atomic E-state index is 10.8. The summed E-state index contributed by atoms with van der Waals surface area (Å²) in [5, 5.41) is 10.8. The first kappa shape index (κ1) is 12.0. The highest BCUT2D eigenvalue weighted by atomic mass is 32.2. The minimum absolute atomic E-state index is 0.0571. The maximum absolute atomic E-state index is 10.8. The molecule has 0 unspecified atom stereocenters. The van der Waals surface area contributed by atoms with Crippen molar-refractivity contribution < 1.29 is 18.1 Å². The zero-order valence-electron chi connectivity index (χ0n) is 9.00. The highest BCUT2D eigenvalue weighted by Crippen LogP contribution is 2.19. The van der Waals surface area contributed by atoms with Crippen molar-refractivity contribution in [2.75, 3.05) is 0 Å². The van der Waals surface area contributed by atoms with Crippen LogP contribution < -0.4 is 0 Å². The number of aliphatic hydroxyl groups excluding tert-OH is 1. The molecule has 0 bridgehead atoms. The summed E-state index contributed by atoms with van der Waals surface area (Å²) in [4.78, 5) is 0. The Morgan fingerprint density at radius 3 is 2.12 bits per heavy atom. The highest BCUT2D eigenvalue weighted by molar-refractivity contribution is 7.85. The van der Waals surface area contributed by atoms with Crippen molar-refractivity contribution in [2.45, 2.75) is 12.4 Å². The average Bonchev–Trinajstić information content (AvgIpc) is 2.26. The summed E-state index contributed by atoms with van der Waals surface area (Å²) in [7, 11) is -4.01. The van der Waals surface area contributed by atoms with Crippen LogP contribution in [0, 0.1) is 0 Å². The van der Waals surface area contributed by atoms with E-state index in [9.17, 15) is 8.42 Å². The van der Waals surface area contributed by atoms with Crippen LogP contribution in [0.25, 0.3) is 10.8 Å². The van der Waals surface area contributed by atoms with Crippen LogP contribution in [-0.2, 0) is 22.5 Å². The van der Waals surface area contributed by atoms with Crippen LogP contribution in [-0.4, -0.2) is 18.1 Å². The van der Waals surface area contributed by atoms with E-state index in [1.165, 1.54) is 0 Å². The molecule has 4 nitrogen and oxygen atoms in total. The minimum atomic E-state index is -4.01. The lowest BCUT2D eigenvalue weighted by Crippen LogP contribution is -2.01. The predicted octanol–water partition coefficient (Wildman–Crippen LogP) is 1.72. The monoisotopic (exact) mass is 252 g/mol. The van der Waals surface area contributed by atoms with Crippen molar-refractivity contribution in [1.29, 1.82) is 0 Å². The van der Waals surface area contributed by atoms with Crippen molar-refractivity contribution in [3.8, 4) is 0 Å². The normalized spacial score (nSPS) is 11.9. The molecular weight excluding hydrogens is 240 g/mol. The fourth-order valence-electron chi connectivity index (χ4n) is 1.74. The summed E-state index contributed by atoms with van der Waals surface area (Å²) in [6.45, 7) is -0.0571. The smallest absolute Gasteiger partial charge is 0.269 e. The SMILES string of the molecule is O=S(=O)(O)Cc1ccc2ccc(CO)cc2c1. The van der Waals surface area contributed by atoms with Crippen molar-refractivity contribution in [2.24, 2.45) is 0 Å². The standard InChI is InChI=1S/C12H12O4S/c13-7-9-1-3-11-4-2-10(6-12(11)5-9)8-17(14,15)16/h1-6,13H,7-8H2,(H,14,15,16). The fourth-order valence-corrected chi connectivity index (χ4v) is 2.35. The van der Waals surface area contributed by atoms with Gasteiger partial charge in [0.1, 0.15) is 5.75 Å². The summed E-state index contributed by atoms with van der Waals surface area (Å²) >= 11 is 0. The van der Waals surface area contributed by atoms with E-state index in [-0.39, 0.29) is 6.61 Å². The van der Waals surface area contributed by atoms with Crippen LogP contribution in [0.2, 0.25) is 0 Å². The van der Waals surface area contributed by atoms with Crippen LogP contribution in [0.4, 0.5) is 0 Å². The van der Waals surface area contributed by atoms with Crippen LogP contribution in [0.3, 0.4) is 0 Å². The summed E-state index contributed by atoms with van der Waals surface area (Å²) in [6, 6.07) is 10.6. The molecular formula is C12H12O4S. The molecule has 0 heterocycles. The van der Waals surface area contributed by atoms with E-state index >= 15 is 0 Å². The Kier molecular flexibility index (Phi) is 3.15. The zero-order valence-corrected chi connectivity index (χ0v) is 9.81.